The quantitative estimate of drug-likeness (QED) is 0.756. The van der Waals surface area contributed by atoms with E-state index in [-0.39, 0.29) is 5.56 Å². The van der Waals surface area contributed by atoms with E-state index < -0.39 is 0 Å². The van der Waals surface area contributed by atoms with Crippen molar-refractivity contribution in [2.24, 2.45) is 0 Å². The molecule has 0 radical (unpaired) electrons. The highest BCUT2D eigenvalue weighted by atomic mass is 16.1. The number of aromatic nitrogens is 1. The van der Waals surface area contributed by atoms with Crippen molar-refractivity contribution in [2.75, 3.05) is 0 Å². The van der Waals surface area contributed by atoms with E-state index in [2.05, 4.69) is 0 Å². The van der Waals surface area contributed by atoms with Crippen LogP contribution in [-0.2, 0) is 0 Å². The predicted octanol–water partition coefficient (Wildman–Crippen LogP) is 4.02. The lowest BCUT2D eigenvalue weighted by atomic mass is 9.92. The van der Waals surface area contributed by atoms with E-state index in [9.17, 15) is 4.79 Å². The van der Waals surface area contributed by atoms with E-state index in [4.69, 9.17) is 0 Å². The fourth-order valence-electron chi connectivity index (χ4n) is 1.87. The van der Waals surface area contributed by atoms with E-state index in [1.54, 1.807) is 6.07 Å². The molecule has 0 aliphatic heterocycles. The van der Waals surface area contributed by atoms with Gasteiger partial charge in [0.05, 0.1) is 0 Å². The van der Waals surface area contributed by atoms with Gasteiger partial charge in [-0.2, -0.15) is 0 Å². The third-order valence-corrected chi connectivity index (χ3v) is 3.30. The molecular weight excluding hydrogens is 210 g/mol. The van der Waals surface area contributed by atoms with Gasteiger partial charge in [0.1, 0.15) is 0 Å². The summed E-state index contributed by atoms with van der Waals surface area (Å²) < 4.78 is 1.87. The minimum atomic E-state index is 0.137. The number of allylic oxidation sites excluding steroid dienone is 2. The zero-order valence-electron chi connectivity index (χ0n) is 11.4. The molecule has 1 heterocycles. The summed E-state index contributed by atoms with van der Waals surface area (Å²) >= 11 is 0. The van der Waals surface area contributed by atoms with Gasteiger partial charge in [-0.3, -0.25) is 4.79 Å². The minimum absolute atomic E-state index is 0.137. The third kappa shape index (κ3) is 3.09. The topological polar surface area (TPSA) is 22.0 Å². The minimum Gasteiger partial charge on any atom is -0.312 e. The molecule has 0 N–H and O–H groups in total. The van der Waals surface area contributed by atoms with E-state index >= 15 is 0 Å². The molecule has 1 aromatic rings. The van der Waals surface area contributed by atoms with Crippen LogP contribution in [0.15, 0.2) is 29.2 Å². The van der Waals surface area contributed by atoms with Gasteiger partial charge in [-0.15, -0.1) is 0 Å². The summed E-state index contributed by atoms with van der Waals surface area (Å²) in [5.74, 6) is 0. The molecule has 1 aliphatic carbocycles. The van der Waals surface area contributed by atoms with Gasteiger partial charge in [0.15, 0.2) is 0 Å². The maximum absolute atomic E-state index is 11.8. The normalized spacial score (nSPS) is 15.9. The molecule has 1 aliphatic rings. The molecular formula is C15H23NO. The largest absolute Gasteiger partial charge is 0.312 e. The van der Waals surface area contributed by atoms with Gasteiger partial charge < -0.3 is 4.57 Å². The summed E-state index contributed by atoms with van der Waals surface area (Å²) in [5.41, 5.74) is 2.34. The summed E-state index contributed by atoms with van der Waals surface area (Å²) in [7, 11) is 0. The number of rotatable bonds is 2. The molecule has 0 amide bonds. The Balaban J connectivity index is 0.000000686. The molecule has 1 saturated carbocycles. The van der Waals surface area contributed by atoms with E-state index in [0.717, 1.165) is 24.0 Å². The number of hydrogen-bond acceptors (Lipinski definition) is 1. The Morgan fingerprint density at radius 2 is 2.06 bits per heavy atom. The first-order chi connectivity index (χ1) is 8.22. The van der Waals surface area contributed by atoms with E-state index in [1.165, 1.54) is 6.42 Å². The summed E-state index contributed by atoms with van der Waals surface area (Å²) in [5, 5.41) is 0. The van der Waals surface area contributed by atoms with Crippen LogP contribution in [0.3, 0.4) is 0 Å². The van der Waals surface area contributed by atoms with Crippen LogP contribution in [0.1, 0.15) is 58.6 Å². The van der Waals surface area contributed by atoms with Gasteiger partial charge in [-0.1, -0.05) is 19.9 Å². The van der Waals surface area contributed by atoms with Crippen molar-refractivity contribution in [3.8, 4) is 0 Å². The van der Waals surface area contributed by atoms with Crippen LogP contribution in [0.25, 0.3) is 5.57 Å². The maximum atomic E-state index is 11.8. The zero-order valence-corrected chi connectivity index (χ0v) is 11.4. The zero-order chi connectivity index (χ0) is 12.8. The van der Waals surface area contributed by atoms with Crippen molar-refractivity contribution in [2.45, 2.75) is 53.0 Å². The van der Waals surface area contributed by atoms with Crippen molar-refractivity contribution < 1.29 is 0 Å². The Hall–Kier alpha value is -1.31. The smallest absolute Gasteiger partial charge is 0.251 e. The fraction of sp³-hybridized carbons (Fsp3) is 0.533. The van der Waals surface area contributed by atoms with Crippen molar-refractivity contribution in [1.82, 2.24) is 4.57 Å². The molecule has 1 fully saturated rings. The van der Waals surface area contributed by atoms with Crippen LogP contribution < -0.4 is 5.56 Å². The highest BCUT2D eigenvalue weighted by molar-refractivity contribution is 5.62. The SMILES string of the molecule is CC.CC=C(C)c1ccn(C2CCC2)c(=O)c1. The first-order valence-corrected chi connectivity index (χ1v) is 6.58. The molecule has 2 nitrogen and oxygen atoms in total. The molecule has 0 aromatic carbocycles. The molecule has 0 atom stereocenters. The van der Waals surface area contributed by atoms with Crippen LogP contribution >= 0.6 is 0 Å². The molecule has 1 aromatic heterocycles. The van der Waals surface area contributed by atoms with Crippen molar-refractivity contribution in [3.63, 3.8) is 0 Å². The number of nitrogens with zero attached hydrogens (tertiary/aromatic N) is 1. The second kappa shape index (κ2) is 6.43. The van der Waals surface area contributed by atoms with Crippen LogP contribution in [0, 0.1) is 0 Å². The standard InChI is InChI=1S/C13H17NO.C2H6/c1-3-10(2)11-7-8-14(13(15)9-11)12-5-4-6-12;1-2/h3,7-9,12H,4-6H2,1-2H3;1-2H3. The summed E-state index contributed by atoms with van der Waals surface area (Å²) in [4.78, 5) is 11.8. The van der Waals surface area contributed by atoms with Gasteiger partial charge >= 0.3 is 0 Å². The van der Waals surface area contributed by atoms with Gasteiger partial charge in [-0.05, 0) is 50.3 Å². The molecule has 0 bridgehead atoms. The highest BCUT2D eigenvalue weighted by Crippen LogP contribution is 2.30. The van der Waals surface area contributed by atoms with Crippen LogP contribution in [0.4, 0.5) is 0 Å². The molecule has 0 spiro atoms. The van der Waals surface area contributed by atoms with E-state index in [1.807, 2.05) is 50.6 Å². The predicted molar refractivity (Wildman–Crippen MR) is 74.3 cm³/mol. The maximum Gasteiger partial charge on any atom is 0.251 e. The second-order valence-corrected chi connectivity index (χ2v) is 4.22. The van der Waals surface area contributed by atoms with Crippen molar-refractivity contribution in [3.05, 3.63) is 40.3 Å². The lowest BCUT2D eigenvalue weighted by molar-refractivity contribution is 0.306. The fourth-order valence-corrected chi connectivity index (χ4v) is 1.87. The van der Waals surface area contributed by atoms with E-state index in [0.29, 0.717) is 6.04 Å². The second-order valence-electron chi connectivity index (χ2n) is 4.22. The van der Waals surface area contributed by atoms with Gasteiger partial charge in [-0.25, -0.2) is 0 Å². The first kappa shape index (κ1) is 13.8. The molecule has 0 saturated heterocycles. The average Bonchev–Trinajstić information content (AvgIpc) is 2.31. The van der Waals surface area contributed by atoms with Gasteiger partial charge in [0.2, 0.25) is 0 Å². The molecule has 2 heteroatoms. The lowest BCUT2D eigenvalue weighted by Crippen LogP contribution is -2.28. The van der Waals surface area contributed by atoms with Crippen LogP contribution in [0.5, 0.6) is 0 Å². The Morgan fingerprint density at radius 3 is 2.47 bits per heavy atom. The number of pyridine rings is 1. The summed E-state index contributed by atoms with van der Waals surface area (Å²) in [6.07, 6.45) is 7.54. The first-order valence-electron chi connectivity index (χ1n) is 6.58. The highest BCUT2D eigenvalue weighted by Gasteiger charge is 2.19. The molecule has 17 heavy (non-hydrogen) atoms. The Kier molecular flexibility index (Phi) is 5.20. The molecule has 2 rings (SSSR count). The van der Waals surface area contributed by atoms with Gasteiger partial charge in [0, 0.05) is 18.3 Å². The van der Waals surface area contributed by atoms with Crippen molar-refractivity contribution >= 4 is 5.57 Å². The Bertz CT molecular complexity index is 438. The Labute approximate surface area is 104 Å². The molecule has 0 unspecified atom stereocenters. The summed E-state index contributed by atoms with van der Waals surface area (Å²) in [6, 6.07) is 4.24. The third-order valence-electron chi connectivity index (χ3n) is 3.30. The lowest BCUT2D eigenvalue weighted by Gasteiger charge is -2.27. The average molecular weight is 233 g/mol. The van der Waals surface area contributed by atoms with Crippen LogP contribution in [0.2, 0.25) is 0 Å². The van der Waals surface area contributed by atoms with Crippen LogP contribution in [-0.4, -0.2) is 4.57 Å². The van der Waals surface area contributed by atoms with Gasteiger partial charge in [0.25, 0.3) is 5.56 Å². The number of hydrogen-bond donors (Lipinski definition) is 0. The monoisotopic (exact) mass is 233 g/mol. The Morgan fingerprint density at radius 1 is 1.41 bits per heavy atom. The summed E-state index contributed by atoms with van der Waals surface area (Å²) in [6.45, 7) is 8.02. The van der Waals surface area contributed by atoms with Crippen molar-refractivity contribution in [1.29, 1.82) is 0 Å². The molecule has 94 valence electrons.